The topological polar surface area (TPSA) is 86.8 Å². The molecule has 0 heterocycles. The highest BCUT2D eigenvalue weighted by atomic mass is 35.5. The Balaban J connectivity index is 1.79. The second kappa shape index (κ2) is 14.2. The van der Waals surface area contributed by atoms with Gasteiger partial charge < -0.3 is 10.2 Å². The summed E-state index contributed by atoms with van der Waals surface area (Å²) in [6.07, 6.45) is 0.261. The van der Waals surface area contributed by atoms with Crippen LogP contribution in [0.3, 0.4) is 0 Å². The van der Waals surface area contributed by atoms with Gasteiger partial charge in [-0.3, -0.25) is 13.9 Å². The first kappa shape index (κ1) is 30.8. The van der Waals surface area contributed by atoms with Crippen molar-refractivity contribution in [1.82, 2.24) is 10.2 Å². The molecule has 0 saturated carbocycles. The van der Waals surface area contributed by atoms with Crippen LogP contribution in [-0.2, 0) is 32.6 Å². The van der Waals surface area contributed by atoms with Crippen LogP contribution >= 0.6 is 11.6 Å². The van der Waals surface area contributed by atoms with E-state index in [4.69, 9.17) is 11.6 Å². The van der Waals surface area contributed by atoms with Crippen LogP contribution in [-0.4, -0.2) is 44.3 Å². The summed E-state index contributed by atoms with van der Waals surface area (Å²) in [5, 5.41) is 3.30. The number of hydrogen-bond acceptors (Lipinski definition) is 4. The molecule has 218 valence electrons. The van der Waals surface area contributed by atoms with Gasteiger partial charge in [0.2, 0.25) is 11.8 Å². The fourth-order valence-electron chi connectivity index (χ4n) is 4.67. The van der Waals surface area contributed by atoms with Crippen molar-refractivity contribution in [1.29, 1.82) is 0 Å². The zero-order valence-electron chi connectivity index (χ0n) is 23.6. The molecular weight excluding hydrogens is 570 g/mol. The SMILES string of the molecule is CCNC(=O)[C@@H](Cc1ccccc1)N(Cc1ccccc1C)C(=O)CN(c1ccc(Cl)cc1)S(=O)(=O)c1ccccc1. The number of halogens is 1. The van der Waals surface area contributed by atoms with Gasteiger partial charge in [0.15, 0.2) is 0 Å². The summed E-state index contributed by atoms with van der Waals surface area (Å²) in [6, 6.07) is 30.4. The third kappa shape index (κ3) is 7.57. The van der Waals surface area contributed by atoms with Gasteiger partial charge >= 0.3 is 0 Å². The largest absolute Gasteiger partial charge is 0.355 e. The highest BCUT2D eigenvalue weighted by Crippen LogP contribution is 2.26. The molecule has 2 amide bonds. The van der Waals surface area contributed by atoms with Gasteiger partial charge in [-0.25, -0.2) is 8.42 Å². The highest BCUT2D eigenvalue weighted by Gasteiger charge is 2.34. The Hall–Kier alpha value is -4.14. The lowest BCUT2D eigenvalue weighted by Gasteiger charge is -2.34. The van der Waals surface area contributed by atoms with Gasteiger partial charge in [0.25, 0.3) is 10.0 Å². The summed E-state index contributed by atoms with van der Waals surface area (Å²) in [4.78, 5) is 29.4. The van der Waals surface area contributed by atoms with Crippen LogP contribution in [0.1, 0.15) is 23.6 Å². The standard InChI is InChI=1S/C33H34ClN3O4S/c1-3-35-33(39)31(22-26-13-6-4-7-14-26)36(23-27-15-11-10-12-25(27)2)32(38)24-37(29-20-18-28(34)19-21-29)42(40,41)30-16-8-5-9-17-30/h4-21,31H,3,22-24H2,1-2H3,(H,35,39)/t31-/m1/s1. The van der Waals surface area contributed by atoms with Crippen molar-refractivity contribution in [3.05, 3.63) is 131 Å². The zero-order valence-corrected chi connectivity index (χ0v) is 25.2. The maximum absolute atomic E-state index is 14.3. The Morgan fingerprint density at radius 1 is 0.833 bits per heavy atom. The second-order valence-corrected chi connectivity index (χ2v) is 12.1. The number of carbonyl (C=O) groups is 2. The predicted octanol–water partition coefficient (Wildman–Crippen LogP) is 5.62. The molecule has 4 aromatic carbocycles. The number of likely N-dealkylation sites (N-methyl/N-ethyl adjacent to an activating group) is 1. The maximum Gasteiger partial charge on any atom is 0.264 e. The zero-order chi connectivity index (χ0) is 30.1. The van der Waals surface area contributed by atoms with E-state index < -0.39 is 28.5 Å². The first-order valence-corrected chi connectivity index (χ1v) is 15.5. The van der Waals surface area contributed by atoms with Gasteiger partial charge in [0.05, 0.1) is 10.6 Å². The van der Waals surface area contributed by atoms with Gasteiger partial charge in [0.1, 0.15) is 12.6 Å². The van der Waals surface area contributed by atoms with Crippen LogP contribution < -0.4 is 9.62 Å². The summed E-state index contributed by atoms with van der Waals surface area (Å²) in [6.45, 7) is 3.75. The molecule has 0 radical (unpaired) electrons. The smallest absolute Gasteiger partial charge is 0.264 e. The number of anilines is 1. The van der Waals surface area contributed by atoms with Crippen molar-refractivity contribution in [2.24, 2.45) is 0 Å². The second-order valence-electron chi connectivity index (χ2n) is 9.85. The molecule has 0 aliphatic carbocycles. The normalized spacial score (nSPS) is 11.9. The first-order chi connectivity index (χ1) is 20.2. The van der Waals surface area contributed by atoms with Crippen LogP contribution in [0.15, 0.2) is 114 Å². The van der Waals surface area contributed by atoms with Crippen LogP contribution in [0.25, 0.3) is 0 Å². The van der Waals surface area contributed by atoms with Crippen LogP contribution in [0.4, 0.5) is 5.69 Å². The minimum Gasteiger partial charge on any atom is -0.355 e. The first-order valence-electron chi connectivity index (χ1n) is 13.7. The van der Waals surface area contributed by atoms with E-state index >= 15 is 0 Å². The van der Waals surface area contributed by atoms with Crippen molar-refractivity contribution >= 4 is 39.1 Å². The molecule has 42 heavy (non-hydrogen) atoms. The number of carbonyl (C=O) groups excluding carboxylic acids is 2. The van der Waals surface area contributed by atoms with Crippen molar-refractivity contribution in [3.63, 3.8) is 0 Å². The van der Waals surface area contributed by atoms with Crippen LogP contribution in [0, 0.1) is 6.92 Å². The predicted molar refractivity (Wildman–Crippen MR) is 167 cm³/mol. The number of hydrogen-bond donors (Lipinski definition) is 1. The third-order valence-electron chi connectivity index (χ3n) is 6.95. The van der Waals surface area contributed by atoms with E-state index in [0.29, 0.717) is 11.6 Å². The molecule has 4 aromatic rings. The van der Waals surface area contributed by atoms with Gasteiger partial charge in [0, 0.05) is 24.5 Å². The van der Waals surface area contributed by atoms with E-state index in [1.807, 2.05) is 68.4 Å². The van der Waals surface area contributed by atoms with E-state index in [2.05, 4.69) is 5.32 Å². The van der Waals surface area contributed by atoms with Gasteiger partial charge in [-0.2, -0.15) is 0 Å². The number of benzene rings is 4. The average Bonchev–Trinajstić information content (AvgIpc) is 3.00. The van der Waals surface area contributed by atoms with Crippen LogP contribution in [0.5, 0.6) is 0 Å². The minimum atomic E-state index is -4.15. The molecule has 1 atom stereocenters. The summed E-state index contributed by atoms with van der Waals surface area (Å²) < 4.78 is 28.9. The van der Waals surface area contributed by atoms with E-state index in [1.165, 1.54) is 17.0 Å². The maximum atomic E-state index is 14.3. The lowest BCUT2D eigenvalue weighted by Crippen LogP contribution is -2.53. The van der Waals surface area contributed by atoms with Gasteiger partial charge in [-0.05, 0) is 66.9 Å². The Morgan fingerprint density at radius 2 is 1.43 bits per heavy atom. The molecule has 9 heteroatoms. The average molecular weight is 604 g/mol. The van der Waals surface area contributed by atoms with E-state index in [9.17, 15) is 18.0 Å². The number of sulfonamides is 1. The van der Waals surface area contributed by atoms with Crippen molar-refractivity contribution in [2.75, 3.05) is 17.4 Å². The van der Waals surface area contributed by atoms with Crippen molar-refractivity contribution < 1.29 is 18.0 Å². The van der Waals surface area contributed by atoms with Crippen molar-refractivity contribution in [3.8, 4) is 0 Å². The summed E-state index contributed by atoms with van der Waals surface area (Å²) in [7, 11) is -4.15. The lowest BCUT2D eigenvalue weighted by molar-refractivity contribution is -0.140. The summed E-state index contributed by atoms with van der Waals surface area (Å²) in [5.41, 5.74) is 2.97. The number of nitrogens with zero attached hydrogens (tertiary/aromatic N) is 2. The molecule has 0 unspecified atom stereocenters. The highest BCUT2D eigenvalue weighted by molar-refractivity contribution is 7.92. The Bertz CT molecular complexity index is 1600. The van der Waals surface area contributed by atoms with Gasteiger partial charge in [-0.1, -0.05) is 84.4 Å². The monoisotopic (exact) mass is 603 g/mol. The van der Waals surface area contributed by atoms with E-state index in [1.54, 1.807) is 42.5 Å². The fraction of sp³-hybridized carbons (Fsp3) is 0.212. The van der Waals surface area contributed by atoms with E-state index in [-0.39, 0.29) is 29.5 Å². The molecular formula is C33H34ClN3O4S. The fourth-order valence-corrected chi connectivity index (χ4v) is 6.23. The Morgan fingerprint density at radius 3 is 2.05 bits per heavy atom. The number of rotatable bonds is 12. The van der Waals surface area contributed by atoms with Gasteiger partial charge in [-0.15, -0.1) is 0 Å². The number of nitrogens with one attached hydrogen (secondary N) is 1. The third-order valence-corrected chi connectivity index (χ3v) is 8.99. The van der Waals surface area contributed by atoms with Crippen molar-refractivity contribution in [2.45, 2.75) is 37.8 Å². The molecule has 0 aliphatic heterocycles. The Labute approximate surface area is 252 Å². The number of amides is 2. The molecule has 4 rings (SSSR count). The van der Waals surface area contributed by atoms with Crippen LogP contribution in [0.2, 0.25) is 5.02 Å². The molecule has 0 aromatic heterocycles. The molecule has 7 nitrogen and oxygen atoms in total. The molecule has 0 spiro atoms. The quantitative estimate of drug-likeness (QED) is 0.228. The summed E-state index contributed by atoms with van der Waals surface area (Å²) >= 11 is 6.10. The molecule has 0 saturated heterocycles. The Kier molecular flexibility index (Phi) is 10.4. The molecule has 0 fully saturated rings. The molecule has 0 aliphatic rings. The summed E-state index contributed by atoms with van der Waals surface area (Å²) in [5.74, 6) is -0.827. The minimum absolute atomic E-state index is 0.0442. The lowest BCUT2D eigenvalue weighted by atomic mass is 10.0. The molecule has 1 N–H and O–H groups in total. The van der Waals surface area contributed by atoms with E-state index in [0.717, 1.165) is 21.0 Å². The molecule has 0 bridgehead atoms. The number of aryl methyl sites for hydroxylation is 1.